The van der Waals surface area contributed by atoms with Crippen molar-refractivity contribution in [2.24, 2.45) is 5.73 Å². The largest absolute Gasteiger partial charge is 0.493 e. The van der Waals surface area contributed by atoms with E-state index in [-0.39, 0.29) is 0 Å². The highest BCUT2D eigenvalue weighted by atomic mass is 32.1. The van der Waals surface area contributed by atoms with E-state index < -0.39 is 0 Å². The van der Waals surface area contributed by atoms with Gasteiger partial charge in [-0.2, -0.15) is 0 Å². The van der Waals surface area contributed by atoms with Gasteiger partial charge in [-0.25, -0.2) is 0 Å². The van der Waals surface area contributed by atoms with Crippen molar-refractivity contribution >= 4 is 17.2 Å². The first-order chi connectivity index (χ1) is 7.52. The number of benzene rings is 1. The average Bonchev–Trinajstić information content (AvgIpc) is 2.22. The quantitative estimate of drug-likeness (QED) is 0.631. The molecule has 1 aromatic carbocycles. The number of rotatable bonds is 5. The van der Waals surface area contributed by atoms with Crippen LogP contribution in [0.1, 0.15) is 29.5 Å². The van der Waals surface area contributed by atoms with Crippen molar-refractivity contribution in [1.82, 2.24) is 0 Å². The summed E-state index contributed by atoms with van der Waals surface area (Å²) in [5.41, 5.74) is 9.09. The molecule has 0 aromatic heterocycles. The van der Waals surface area contributed by atoms with Crippen molar-refractivity contribution in [2.45, 2.75) is 33.6 Å². The minimum Gasteiger partial charge on any atom is -0.493 e. The molecule has 2 nitrogen and oxygen atoms in total. The summed E-state index contributed by atoms with van der Waals surface area (Å²) >= 11 is 4.82. The van der Waals surface area contributed by atoms with E-state index in [4.69, 9.17) is 22.7 Å². The van der Waals surface area contributed by atoms with Gasteiger partial charge in [0, 0.05) is 6.42 Å². The molecular formula is C13H19NOS. The molecule has 0 atom stereocenters. The molecule has 3 heteroatoms. The summed E-state index contributed by atoms with van der Waals surface area (Å²) in [7, 11) is 0. The lowest BCUT2D eigenvalue weighted by Crippen LogP contribution is -2.10. The summed E-state index contributed by atoms with van der Waals surface area (Å²) in [5, 5.41) is 0. The molecule has 1 aromatic rings. The minimum atomic E-state index is 0.557. The lowest BCUT2D eigenvalue weighted by molar-refractivity contribution is 0.309. The van der Waals surface area contributed by atoms with Gasteiger partial charge in [-0.15, -0.1) is 0 Å². The molecule has 0 aliphatic rings. The molecule has 1 rings (SSSR count). The van der Waals surface area contributed by atoms with Crippen LogP contribution in [-0.4, -0.2) is 11.6 Å². The normalized spacial score (nSPS) is 10.2. The SMILES string of the molecule is Cc1ccc(C)c(OCCCC(N)=S)c1C. The Morgan fingerprint density at radius 1 is 1.25 bits per heavy atom. The van der Waals surface area contributed by atoms with Crippen LogP contribution in [0.3, 0.4) is 0 Å². The molecule has 0 heterocycles. The second-order valence-corrected chi connectivity index (χ2v) is 4.60. The number of thiocarbonyl (C=S) groups is 1. The molecule has 0 saturated carbocycles. The van der Waals surface area contributed by atoms with Crippen molar-refractivity contribution in [3.63, 3.8) is 0 Å². The highest BCUT2D eigenvalue weighted by Crippen LogP contribution is 2.25. The van der Waals surface area contributed by atoms with Gasteiger partial charge in [-0.3, -0.25) is 0 Å². The van der Waals surface area contributed by atoms with Crippen LogP contribution >= 0.6 is 12.2 Å². The monoisotopic (exact) mass is 237 g/mol. The molecule has 0 bridgehead atoms. The summed E-state index contributed by atoms with van der Waals surface area (Å²) < 4.78 is 5.78. The van der Waals surface area contributed by atoms with Crippen LogP contribution < -0.4 is 10.5 Å². The molecule has 0 amide bonds. The van der Waals surface area contributed by atoms with Gasteiger partial charge in [0.2, 0.25) is 0 Å². The summed E-state index contributed by atoms with van der Waals surface area (Å²) in [4.78, 5) is 0.557. The molecule has 0 fully saturated rings. The summed E-state index contributed by atoms with van der Waals surface area (Å²) in [6.45, 7) is 6.92. The molecule has 0 saturated heterocycles. The molecule has 2 N–H and O–H groups in total. The van der Waals surface area contributed by atoms with Crippen LogP contribution in [-0.2, 0) is 0 Å². The fourth-order valence-corrected chi connectivity index (χ4v) is 1.71. The molecule has 0 unspecified atom stereocenters. The Kier molecular flexibility index (Phi) is 4.74. The van der Waals surface area contributed by atoms with Crippen LogP contribution in [0.15, 0.2) is 12.1 Å². The van der Waals surface area contributed by atoms with Crippen LogP contribution in [0, 0.1) is 20.8 Å². The Morgan fingerprint density at radius 3 is 2.50 bits per heavy atom. The third kappa shape index (κ3) is 3.49. The smallest absolute Gasteiger partial charge is 0.125 e. The van der Waals surface area contributed by atoms with E-state index in [9.17, 15) is 0 Å². The lowest BCUT2D eigenvalue weighted by Gasteiger charge is -2.13. The zero-order chi connectivity index (χ0) is 12.1. The van der Waals surface area contributed by atoms with Gasteiger partial charge in [-0.05, 0) is 43.9 Å². The van der Waals surface area contributed by atoms with Gasteiger partial charge < -0.3 is 10.5 Å². The Morgan fingerprint density at radius 2 is 1.88 bits per heavy atom. The Bertz CT molecular complexity index is 388. The maximum Gasteiger partial charge on any atom is 0.125 e. The summed E-state index contributed by atoms with van der Waals surface area (Å²) in [6.07, 6.45) is 1.63. The molecule has 88 valence electrons. The van der Waals surface area contributed by atoms with Crippen LogP contribution in [0.5, 0.6) is 5.75 Å². The zero-order valence-corrected chi connectivity index (χ0v) is 11.0. The number of hydrogen-bond donors (Lipinski definition) is 1. The van der Waals surface area contributed by atoms with E-state index >= 15 is 0 Å². The second kappa shape index (κ2) is 5.85. The number of aryl methyl sites for hydroxylation is 2. The minimum absolute atomic E-state index is 0.557. The van der Waals surface area contributed by atoms with E-state index in [0.717, 1.165) is 18.6 Å². The first-order valence-corrected chi connectivity index (χ1v) is 5.91. The fraction of sp³-hybridized carbons (Fsp3) is 0.462. The molecule has 0 aliphatic heterocycles. The number of hydrogen-bond acceptors (Lipinski definition) is 2. The predicted molar refractivity (Wildman–Crippen MR) is 72.2 cm³/mol. The van der Waals surface area contributed by atoms with Crippen molar-refractivity contribution < 1.29 is 4.74 Å². The molecule has 16 heavy (non-hydrogen) atoms. The van der Waals surface area contributed by atoms with Crippen LogP contribution in [0.4, 0.5) is 0 Å². The zero-order valence-electron chi connectivity index (χ0n) is 10.2. The standard InChI is InChI=1S/C13H19NOS/c1-9-6-7-10(2)13(11(9)3)15-8-4-5-12(14)16/h6-7H,4-5,8H2,1-3H3,(H2,14,16). The first kappa shape index (κ1) is 13.0. The van der Waals surface area contributed by atoms with E-state index in [1.54, 1.807) is 0 Å². The summed E-state index contributed by atoms with van der Waals surface area (Å²) in [5.74, 6) is 1.00. The van der Waals surface area contributed by atoms with Gasteiger partial charge in [0.25, 0.3) is 0 Å². The van der Waals surface area contributed by atoms with E-state index in [1.807, 2.05) is 0 Å². The van der Waals surface area contributed by atoms with Crippen LogP contribution in [0.2, 0.25) is 0 Å². The summed E-state index contributed by atoms with van der Waals surface area (Å²) in [6, 6.07) is 4.21. The molecule has 0 radical (unpaired) electrons. The molecule has 0 aliphatic carbocycles. The van der Waals surface area contributed by atoms with Gasteiger partial charge >= 0.3 is 0 Å². The maximum absolute atomic E-state index is 5.78. The molecule has 0 spiro atoms. The topological polar surface area (TPSA) is 35.2 Å². The number of nitrogens with two attached hydrogens (primary N) is 1. The van der Waals surface area contributed by atoms with Gasteiger partial charge in [0.1, 0.15) is 5.75 Å². The number of ether oxygens (including phenoxy) is 1. The van der Waals surface area contributed by atoms with Gasteiger partial charge in [0.05, 0.1) is 11.6 Å². The third-order valence-electron chi connectivity index (χ3n) is 2.69. The van der Waals surface area contributed by atoms with Crippen LogP contribution in [0.25, 0.3) is 0 Å². The van der Waals surface area contributed by atoms with Gasteiger partial charge in [-0.1, -0.05) is 24.4 Å². The van der Waals surface area contributed by atoms with Gasteiger partial charge in [0.15, 0.2) is 0 Å². The van der Waals surface area contributed by atoms with Crippen molar-refractivity contribution in [2.75, 3.05) is 6.61 Å². The average molecular weight is 237 g/mol. The highest BCUT2D eigenvalue weighted by molar-refractivity contribution is 7.80. The Labute approximate surface area is 103 Å². The Balaban J connectivity index is 2.60. The van der Waals surface area contributed by atoms with E-state index in [2.05, 4.69) is 32.9 Å². The molecular weight excluding hydrogens is 218 g/mol. The van der Waals surface area contributed by atoms with E-state index in [1.165, 1.54) is 16.7 Å². The van der Waals surface area contributed by atoms with Crippen molar-refractivity contribution in [3.05, 3.63) is 28.8 Å². The lowest BCUT2D eigenvalue weighted by atomic mass is 10.1. The third-order valence-corrected chi connectivity index (χ3v) is 2.89. The maximum atomic E-state index is 5.78. The van der Waals surface area contributed by atoms with Crippen molar-refractivity contribution in [1.29, 1.82) is 0 Å². The van der Waals surface area contributed by atoms with E-state index in [0.29, 0.717) is 11.6 Å². The second-order valence-electron chi connectivity index (χ2n) is 4.07. The fourth-order valence-electron chi connectivity index (χ4n) is 1.57. The highest BCUT2D eigenvalue weighted by Gasteiger charge is 2.05. The Hall–Kier alpha value is -1.09. The van der Waals surface area contributed by atoms with Crippen molar-refractivity contribution in [3.8, 4) is 5.75 Å². The predicted octanol–water partition coefficient (Wildman–Crippen LogP) is 3.06. The first-order valence-electron chi connectivity index (χ1n) is 5.50.